The number of carbonyl (C=O) groups excluding carboxylic acids is 2. The molecule has 3 rings (SSSR count). The molecule has 0 aliphatic heterocycles. The van der Waals surface area contributed by atoms with E-state index in [1.54, 1.807) is 55.5 Å². The van der Waals surface area contributed by atoms with Gasteiger partial charge in [0.1, 0.15) is 24.1 Å². The average Bonchev–Trinajstić information content (AvgIpc) is 2.91. The number of hydrogen-bond acceptors (Lipinski definition) is 5. The maximum atomic E-state index is 13.6. The van der Waals surface area contributed by atoms with Gasteiger partial charge in [-0.15, -0.1) is 0 Å². The van der Waals surface area contributed by atoms with Crippen molar-refractivity contribution in [3.05, 3.63) is 89.4 Å². The molecule has 8 nitrogen and oxygen atoms in total. The van der Waals surface area contributed by atoms with E-state index in [1.807, 2.05) is 44.2 Å². The Kier molecular flexibility index (Phi) is 10.4. The number of amides is 2. The second-order valence-electron chi connectivity index (χ2n) is 9.32. The molecule has 0 aliphatic rings. The fourth-order valence-corrected chi connectivity index (χ4v) is 4.73. The molecule has 208 valence electrons. The number of hydrogen-bond donors (Lipinski definition) is 1. The number of carbonyl (C=O) groups is 2. The number of ether oxygens (including phenoxy) is 1. The fraction of sp³-hybridized carbons (Fsp3) is 0.310. The number of nitrogens with one attached hydrogen (secondary N) is 1. The molecule has 0 aromatic heterocycles. The number of sulfonamides is 1. The first-order valence-electron chi connectivity index (χ1n) is 12.6. The number of anilines is 1. The second-order valence-corrected chi connectivity index (χ2v) is 11.7. The Balaban J connectivity index is 1.85. The Morgan fingerprint density at radius 2 is 1.51 bits per heavy atom. The molecule has 0 spiro atoms. The highest BCUT2D eigenvalue weighted by Gasteiger charge is 2.30. The molecule has 10 heteroatoms. The fourth-order valence-electron chi connectivity index (χ4n) is 3.75. The van der Waals surface area contributed by atoms with Crippen LogP contribution in [0, 0.1) is 0 Å². The van der Waals surface area contributed by atoms with E-state index in [9.17, 15) is 18.0 Å². The highest BCUT2D eigenvalue weighted by Crippen LogP contribution is 2.26. The maximum Gasteiger partial charge on any atom is 0.244 e. The molecule has 0 fully saturated rings. The highest BCUT2D eigenvalue weighted by molar-refractivity contribution is 7.92. The Morgan fingerprint density at radius 3 is 2.08 bits per heavy atom. The van der Waals surface area contributed by atoms with E-state index in [0.29, 0.717) is 22.2 Å². The maximum absolute atomic E-state index is 13.6. The summed E-state index contributed by atoms with van der Waals surface area (Å²) in [6.07, 6.45) is 1.77. The molecule has 0 unspecified atom stereocenters. The first kappa shape index (κ1) is 30.0. The zero-order valence-electron chi connectivity index (χ0n) is 22.5. The number of benzene rings is 3. The normalized spacial score (nSPS) is 12.7. The van der Waals surface area contributed by atoms with Crippen LogP contribution in [0.3, 0.4) is 0 Å². The van der Waals surface area contributed by atoms with Crippen LogP contribution in [-0.4, -0.2) is 50.0 Å². The lowest BCUT2D eigenvalue weighted by Gasteiger charge is -2.32. The highest BCUT2D eigenvalue weighted by atomic mass is 35.5. The van der Waals surface area contributed by atoms with Gasteiger partial charge in [-0.25, -0.2) is 8.42 Å². The predicted octanol–water partition coefficient (Wildman–Crippen LogP) is 5.23. The number of para-hydroxylation sites is 1. The minimum absolute atomic E-state index is 0.0726. The summed E-state index contributed by atoms with van der Waals surface area (Å²) in [5, 5.41) is 3.44. The van der Waals surface area contributed by atoms with Gasteiger partial charge < -0.3 is 15.0 Å². The van der Waals surface area contributed by atoms with Crippen LogP contribution in [0.25, 0.3) is 0 Å². The van der Waals surface area contributed by atoms with Crippen LogP contribution < -0.4 is 14.4 Å². The van der Waals surface area contributed by atoms with Crippen LogP contribution in [0.5, 0.6) is 11.5 Å². The van der Waals surface area contributed by atoms with E-state index in [-0.39, 0.29) is 18.5 Å². The van der Waals surface area contributed by atoms with Gasteiger partial charge in [0.05, 0.1) is 11.9 Å². The third-order valence-electron chi connectivity index (χ3n) is 6.22. The molecule has 0 saturated heterocycles. The van der Waals surface area contributed by atoms with Gasteiger partial charge in [-0.3, -0.25) is 13.9 Å². The van der Waals surface area contributed by atoms with Gasteiger partial charge in [-0.2, -0.15) is 0 Å². The molecule has 2 amide bonds. The van der Waals surface area contributed by atoms with Crippen LogP contribution >= 0.6 is 11.6 Å². The molecule has 0 heterocycles. The van der Waals surface area contributed by atoms with E-state index in [1.165, 1.54) is 4.90 Å². The molecular weight excluding hydrogens is 538 g/mol. The molecule has 0 bridgehead atoms. The Bertz CT molecular complexity index is 1350. The summed E-state index contributed by atoms with van der Waals surface area (Å²) in [5.74, 6) is 0.319. The first-order valence-corrected chi connectivity index (χ1v) is 14.9. The molecular formula is C29H34ClN3O5S. The lowest BCUT2D eigenvalue weighted by Crippen LogP contribution is -2.52. The van der Waals surface area contributed by atoms with Crippen molar-refractivity contribution in [1.29, 1.82) is 0 Å². The van der Waals surface area contributed by atoms with Gasteiger partial charge in [-0.1, -0.05) is 48.9 Å². The summed E-state index contributed by atoms with van der Waals surface area (Å²) in [5.41, 5.74) is 1.05. The smallest absolute Gasteiger partial charge is 0.244 e. The minimum Gasteiger partial charge on any atom is -0.457 e. The van der Waals surface area contributed by atoms with Crippen molar-refractivity contribution in [1.82, 2.24) is 10.2 Å². The van der Waals surface area contributed by atoms with E-state index >= 15 is 0 Å². The molecule has 39 heavy (non-hydrogen) atoms. The summed E-state index contributed by atoms with van der Waals surface area (Å²) < 4.78 is 32.4. The average molecular weight is 572 g/mol. The van der Waals surface area contributed by atoms with Gasteiger partial charge in [0, 0.05) is 17.6 Å². The van der Waals surface area contributed by atoms with Crippen molar-refractivity contribution >= 4 is 39.1 Å². The standard InChI is InChI=1S/C29H34ClN3O5S/c1-5-21(2)31-29(35)22(3)32(19-23-11-13-24(30)14-12-23)28(34)20-33(39(4,36)37)25-15-17-27(18-16-25)38-26-9-7-6-8-10-26/h6-18,21-22H,5,19-20H2,1-4H3,(H,31,35)/t21-,22+/m0/s1. The Morgan fingerprint density at radius 1 is 0.923 bits per heavy atom. The lowest BCUT2D eigenvalue weighted by molar-refractivity contribution is -0.139. The van der Waals surface area contributed by atoms with E-state index in [4.69, 9.17) is 16.3 Å². The molecule has 2 atom stereocenters. The number of halogens is 1. The topological polar surface area (TPSA) is 96.0 Å². The van der Waals surface area contributed by atoms with Crippen LogP contribution in [-0.2, 0) is 26.2 Å². The SMILES string of the molecule is CC[C@H](C)NC(=O)[C@@H](C)N(Cc1ccc(Cl)cc1)C(=O)CN(c1ccc(Oc2ccccc2)cc1)S(C)(=O)=O. The van der Waals surface area contributed by atoms with Gasteiger partial charge >= 0.3 is 0 Å². The van der Waals surface area contributed by atoms with Crippen molar-refractivity contribution < 1.29 is 22.7 Å². The van der Waals surface area contributed by atoms with Crippen molar-refractivity contribution in [3.8, 4) is 11.5 Å². The molecule has 0 radical (unpaired) electrons. The zero-order valence-corrected chi connectivity index (χ0v) is 24.1. The van der Waals surface area contributed by atoms with E-state index in [0.717, 1.165) is 22.5 Å². The molecule has 1 N–H and O–H groups in total. The summed E-state index contributed by atoms with van der Waals surface area (Å²) >= 11 is 6.01. The Hall–Kier alpha value is -3.56. The Labute approximate surface area is 235 Å². The number of rotatable bonds is 12. The summed E-state index contributed by atoms with van der Waals surface area (Å²) in [6, 6.07) is 21.6. The monoisotopic (exact) mass is 571 g/mol. The van der Waals surface area contributed by atoms with Crippen molar-refractivity contribution in [3.63, 3.8) is 0 Å². The third-order valence-corrected chi connectivity index (χ3v) is 7.61. The molecule has 3 aromatic carbocycles. The molecule has 0 aliphatic carbocycles. The quantitative estimate of drug-likeness (QED) is 0.321. The second kappa shape index (κ2) is 13.5. The van der Waals surface area contributed by atoms with Gasteiger partial charge in [0.2, 0.25) is 21.8 Å². The van der Waals surface area contributed by atoms with E-state index in [2.05, 4.69) is 5.32 Å². The van der Waals surface area contributed by atoms with Crippen molar-refractivity contribution in [2.24, 2.45) is 0 Å². The molecule has 3 aromatic rings. The van der Waals surface area contributed by atoms with Crippen LogP contribution in [0.2, 0.25) is 5.02 Å². The first-order chi connectivity index (χ1) is 18.5. The van der Waals surface area contributed by atoms with Gasteiger partial charge in [0.15, 0.2) is 0 Å². The zero-order chi connectivity index (χ0) is 28.6. The predicted molar refractivity (Wildman–Crippen MR) is 155 cm³/mol. The summed E-state index contributed by atoms with van der Waals surface area (Å²) in [4.78, 5) is 28.0. The van der Waals surface area contributed by atoms with Crippen LogP contribution in [0.1, 0.15) is 32.8 Å². The minimum atomic E-state index is -3.84. The molecule has 0 saturated carbocycles. The van der Waals surface area contributed by atoms with Crippen LogP contribution in [0.4, 0.5) is 5.69 Å². The lowest BCUT2D eigenvalue weighted by atomic mass is 10.1. The number of nitrogens with zero attached hydrogens (tertiary/aromatic N) is 2. The van der Waals surface area contributed by atoms with Gasteiger partial charge in [-0.05, 0) is 74.4 Å². The third kappa shape index (κ3) is 8.73. The summed E-state index contributed by atoms with van der Waals surface area (Å²) in [7, 11) is -3.84. The van der Waals surface area contributed by atoms with Gasteiger partial charge in [0.25, 0.3) is 0 Å². The van der Waals surface area contributed by atoms with Crippen molar-refractivity contribution in [2.75, 3.05) is 17.1 Å². The largest absolute Gasteiger partial charge is 0.457 e. The van der Waals surface area contributed by atoms with Crippen LogP contribution in [0.15, 0.2) is 78.9 Å². The summed E-state index contributed by atoms with van der Waals surface area (Å²) in [6.45, 7) is 5.09. The van der Waals surface area contributed by atoms with Crippen molar-refractivity contribution in [2.45, 2.75) is 45.8 Å². The van der Waals surface area contributed by atoms with E-state index < -0.39 is 28.5 Å².